The molecule has 1 saturated heterocycles. The molecule has 2 rings (SSSR count). The van der Waals surface area contributed by atoms with Crippen LogP contribution in [0, 0.1) is 6.92 Å². The number of aryl methyl sites for hydroxylation is 1. The molecule has 0 saturated carbocycles. The van der Waals surface area contributed by atoms with E-state index in [0.29, 0.717) is 13.0 Å². The van der Waals surface area contributed by atoms with Crippen molar-refractivity contribution in [1.82, 2.24) is 4.90 Å². The molecule has 1 aromatic carbocycles. The van der Waals surface area contributed by atoms with Crippen molar-refractivity contribution in [1.29, 1.82) is 0 Å². The molecular formula is C16H21NO6S. The van der Waals surface area contributed by atoms with Crippen LogP contribution >= 0.6 is 0 Å². The Labute approximate surface area is 141 Å². The summed E-state index contributed by atoms with van der Waals surface area (Å²) in [6.45, 7) is 3.36. The first kappa shape index (κ1) is 18.3. The number of benzene rings is 1. The lowest BCUT2D eigenvalue weighted by molar-refractivity contribution is -0.136. The van der Waals surface area contributed by atoms with Crippen molar-refractivity contribution in [3.8, 4) is 5.75 Å². The molecule has 0 bridgehead atoms. The Hall–Kier alpha value is -2.09. The summed E-state index contributed by atoms with van der Waals surface area (Å²) in [5, 5.41) is 9.69. The number of hydrogen-bond donors (Lipinski definition) is 1. The number of amides is 1. The number of sulfone groups is 1. The second-order valence-corrected chi connectivity index (χ2v) is 8.06. The molecule has 1 heterocycles. The predicted molar refractivity (Wildman–Crippen MR) is 87.6 cm³/mol. The second-order valence-electron chi connectivity index (χ2n) is 5.83. The third-order valence-corrected chi connectivity index (χ3v) is 5.76. The molecule has 1 aromatic rings. The average molecular weight is 355 g/mol. The summed E-state index contributed by atoms with van der Waals surface area (Å²) in [5.74, 6) is -1.44. The van der Waals surface area contributed by atoms with Gasteiger partial charge in [-0.1, -0.05) is 11.6 Å². The van der Waals surface area contributed by atoms with Crippen LogP contribution in [0.4, 0.5) is 0 Å². The Morgan fingerprint density at radius 3 is 2.67 bits per heavy atom. The Kier molecular flexibility index (Phi) is 5.48. The van der Waals surface area contributed by atoms with E-state index in [1.807, 2.05) is 0 Å². The summed E-state index contributed by atoms with van der Waals surface area (Å²) in [5.41, 5.74) is 0.770. The number of hydrogen-bond acceptors (Lipinski definition) is 6. The molecule has 0 aliphatic carbocycles. The number of aromatic hydroxyl groups is 1. The number of esters is 1. The molecule has 132 valence electrons. The number of carbonyl (C=O) groups excluding carboxylic acids is 2. The number of carbonyl (C=O) groups is 2. The molecule has 1 aliphatic rings. The fourth-order valence-electron chi connectivity index (χ4n) is 2.76. The van der Waals surface area contributed by atoms with Crippen molar-refractivity contribution in [3.63, 3.8) is 0 Å². The summed E-state index contributed by atoms with van der Waals surface area (Å²) in [6, 6.07) is 4.13. The lowest BCUT2D eigenvalue weighted by Gasteiger charge is -2.26. The summed E-state index contributed by atoms with van der Waals surface area (Å²) >= 11 is 0. The summed E-state index contributed by atoms with van der Waals surface area (Å²) in [7, 11) is -3.10. The number of likely N-dealkylation sites (N-methyl/N-ethyl adjacent to an activating group) is 1. The number of phenolic OH excluding ortho intramolecular Hbond substituents is 1. The SMILES string of the molecule is CCN(C(=O)COC(=O)c1cc(C)ccc1O)[C@H]1CCS(=O)(=O)C1. The number of phenols is 1. The minimum atomic E-state index is -3.10. The highest BCUT2D eigenvalue weighted by molar-refractivity contribution is 7.91. The fraction of sp³-hybridized carbons (Fsp3) is 0.500. The summed E-state index contributed by atoms with van der Waals surface area (Å²) in [4.78, 5) is 25.7. The van der Waals surface area contributed by atoms with Crippen LogP contribution in [-0.4, -0.2) is 61.0 Å². The largest absolute Gasteiger partial charge is 0.507 e. The predicted octanol–water partition coefficient (Wildman–Crippen LogP) is 0.893. The maximum atomic E-state index is 12.3. The maximum Gasteiger partial charge on any atom is 0.342 e. The van der Waals surface area contributed by atoms with Crippen molar-refractivity contribution in [2.45, 2.75) is 26.3 Å². The van der Waals surface area contributed by atoms with Crippen LogP contribution in [0.5, 0.6) is 5.75 Å². The minimum Gasteiger partial charge on any atom is -0.507 e. The molecule has 1 atom stereocenters. The van der Waals surface area contributed by atoms with Crippen LogP contribution in [0.1, 0.15) is 29.3 Å². The second kappa shape index (κ2) is 7.21. The lowest BCUT2D eigenvalue weighted by Crippen LogP contribution is -2.43. The highest BCUT2D eigenvalue weighted by atomic mass is 32.2. The molecule has 1 amide bonds. The first-order valence-corrected chi connectivity index (χ1v) is 9.52. The van der Waals surface area contributed by atoms with Crippen molar-refractivity contribution in [3.05, 3.63) is 29.3 Å². The average Bonchev–Trinajstić information content (AvgIpc) is 2.87. The Bertz CT molecular complexity index is 743. The van der Waals surface area contributed by atoms with Gasteiger partial charge in [0.25, 0.3) is 5.91 Å². The van der Waals surface area contributed by atoms with E-state index in [-0.39, 0.29) is 28.9 Å². The van der Waals surface area contributed by atoms with Crippen LogP contribution in [0.2, 0.25) is 0 Å². The molecule has 8 heteroatoms. The highest BCUT2D eigenvalue weighted by Crippen LogP contribution is 2.20. The van der Waals surface area contributed by atoms with Gasteiger partial charge in [0.05, 0.1) is 11.5 Å². The third kappa shape index (κ3) is 4.25. The van der Waals surface area contributed by atoms with E-state index in [1.165, 1.54) is 17.0 Å². The van der Waals surface area contributed by atoms with Gasteiger partial charge >= 0.3 is 5.97 Å². The monoisotopic (exact) mass is 355 g/mol. The van der Waals surface area contributed by atoms with Crippen molar-refractivity contribution < 1.29 is 27.9 Å². The van der Waals surface area contributed by atoms with Gasteiger partial charge in [-0.2, -0.15) is 0 Å². The molecule has 1 aliphatic heterocycles. The van der Waals surface area contributed by atoms with Gasteiger partial charge in [0, 0.05) is 12.6 Å². The van der Waals surface area contributed by atoms with Gasteiger partial charge in [0.15, 0.2) is 16.4 Å². The Balaban J connectivity index is 1.98. The van der Waals surface area contributed by atoms with E-state index in [0.717, 1.165) is 5.56 Å². The number of rotatable bonds is 5. The van der Waals surface area contributed by atoms with Gasteiger partial charge in [-0.25, -0.2) is 13.2 Å². The molecule has 1 N–H and O–H groups in total. The molecule has 24 heavy (non-hydrogen) atoms. The lowest BCUT2D eigenvalue weighted by atomic mass is 10.1. The van der Waals surface area contributed by atoms with Crippen molar-refractivity contribution >= 4 is 21.7 Å². The Morgan fingerprint density at radius 2 is 2.08 bits per heavy atom. The molecule has 0 radical (unpaired) electrons. The van der Waals surface area contributed by atoms with E-state index in [1.54, 1.807) is 19.9 Å². The van der Waals surface area contributed by atoms with E-state index in [2.05, 4.69) is 0 Å². The molecule has 0 spiro atoms. The zero-order chi connectivity index (χ0) is 17.9. The first-order chi connectivity index (χ1) is 11.2. The zero-order valence-corrected chi connectivity index (χ0v) is 14.5. The molecule has 1 fully saturated rings. The quantitative estimate of drug-likeness (QED) is 0.787. The molecule has 7 nitrogen and oxygen atoms in total. The van der Waals surface area contributed by atoms with E-state index < -0.39 is 28.3 Å². The Morgan fingerprint density at radius 1 is 1.38 bits per heavy atom. The van der Waals surface area contributed by atoms with E-state index >= 15 is 0 Å². The van der Waals surface area contributed by atoms with E-state index in [4.69, 9.17) is 4.74 Å². The summed E-state index contributed by atoms with van der Waals surface area (Å²) < 4.78 is 28.1. The summed E-state index contributed by atoms with van der Waals surface area (Å²) in [6.07, 6.45) is 0.397. The van der Waals surface area contributed by atoms with Gasteiger partial charge in [-0.05, 0) is 32.4 Å². The van der Waals surface area contributed by atoms with Crippen LogP contribution in [0.15, 0.2) is 18.2 Å². The number of nitrogens with zero attached hydrogens (tertiary/aromatic N) is 1. The molecule has 0 aromatic heterocycles. The van der Waals surface area contributed by atoms with Crippen molar-refractivity contribution in [2.75, 3.05) is 24.7 Å². The standard InChI is InChI=1S/C16H21NO6S/c1-3-17(12-6-7-24(21,22)10-12)15(19)9-23-16(20)13-8-11(2)4-5-14(13)18/h4-5,8,12,18H,3,6-7,9-10H2,1-2H3/t12-/m0/s1. The highest BCUT2D eigenvalue weighted by Gasteiger charge is 2.34. The van der Waals surface area contributed by atoms with Crippen LogP contribution in [0.3, 0.4) is 0 Å². The molecule has 0 unspecified atom stereocenters. The van der Waals surface area contributed by atoms with Gasteiger partial charge in [-0.15, -0.1) is 0 Å². The first-order valence-electron chi connectivity index (χ1n) is 7.70. The van der Waals surface area contributed by atoms with Gasteiger partial charge < -0.3 is 14.7 Å². The maximum absolute atomic E-state index is 12.3. The molecular weight excluding hydrogens is 334 g/mol. The van der Waals surface area contributed by atoms with Gasteiger partial charge in [0.1, 0.15) is 11.3 Å². The fourth-order valence-corrected chi connectivity index (χ4v) is 4.49. The minimum absolute atomic E-state index is 0.00528. The zero-order valence-electron chi connectivity index (χ0n) is 13.7. The number of ether oxygens (including phenoxy) is 1. The van der Waals surface area contributed by atoms with Gasteiger partial charge in [-0.3, -0.25) is 4.79 Å². The van der Waals surface area contributed by atoms with Crippen LogP contribution < -0.4 is 0 Å². The van der Waals surface area contributed by atoms with Crippen LogP contribution in [0.25, 0.3) is 0 Å². The van der Waals surface area contributed by atoms with Crippen LogP contribution in [-0.2, 0) is 19.4 Å². The normalized spacial score (nSPS) is 19.0. The van der Waals surface area contributed by atoms with Crippen molar-refractivity contribution in [2.24, 2.45) is 0 Å². The smallest absolute Gasteiger partial charge is 0.342 e. The third-order valence-electron chi connectivity index (χ3n) is 4.01. The van der Waals surface area contributed by atoms with Gasteiger partial charge in [0.2, 0.25) is 0 Å². The van der Waals surface area contributed by atoms with E-state index in [9.17, 15) is 23.1 Å². The topological polar surface area (TPSA) is 101 Å².